The summed E-state index contributed by atoms with van der Waals surface area (Å²) in [6, 6.07) is 5.95. The number of hydrogen-bond donors (Lipinski definition) is 4. The molecule has 4 aromatic heterocycles. The van der Waals surface area contributed by atoms with Gasteiger partial charge in [0.2, 0.25) is 5.91 Å². The minimum atomic E-state index is -0.967. The average molecular weight is 792 g/mol. The van der Waals surface area contributed by atoms with Gasteiger partial charge in [0.25, 0.3) is 0 Å². The van der Waals surface area contributed by atoms with Crippen LogP contribution < -0.4 is 16.4 Å². The van der Waals surface area contributed by atoms with Gasteiger partial charge < -0.3 is 20.6 Å². The van der Waals surface area contributed by atoms with Crippen molar-refractivity contribution >= 4 is 56.9 Å². The smallest absolute Gasteiger partial charge is 0.326 e. The van der Waals surface area contributed by atoms with E-state index >= 15 is 0 Å². The van der Waals surface area contributed by atoms with Crippen LogP contribution in [0, 0.1) is 13.8 Å². The van der Waals surface area contributed by atoms with Crippen molar-refractivity contribution in [1.29, 1.82) is 0 Å². The number of pyridine rings is 2. The van der Waals surface area contributed by atoms with E-state index in [1.807, 2.05) is 32.0 Å². The second-order valence-electron chi connectivity index (χ2n) is 15.5. The molecule has 16 heteroatoms. The number of aromatic nitrogens is 4. The van der Waals surface area contributed by atoms with E-state index in [1.54, 1.807) is 12.4 Å². The monoisotopic (exact) mass is 791 g/mol. The van der Waals surface area contributed by atoms with Crippen molar-refractivity contribution in [3.05, 3.63) is 59.4 Å². The first kappa shape index (κ1) is 42.8. The fourth-order valence-corrected chi connectivity index (χ4v) is 8.20. The number of anilines is 2. The molecule has 4 aromatic rings. The van der Waals surface area contributed by atoms with E-state index in [-0.39, 0.29) is 24.3 Å². The lowest BCUT2D eigenvalue weighted by atomic mass is 9.90. The van der Waals surface area contributed by atoms with Crippen molar-refractivity contribution in [1.82, 2.24) is 29.7 Å². The molecule has 5 amide bonds. The van der Waals surface area contributed by atoms with Crippen LogP contribution in [0.3, 0.4) is 0 Å². The summed E-state index contributed by atoms with van der Waals surface area (Å²) < 4.78 is 0. The van der Waals surface area contributed by atoms with Crippen LogP contribution in [0.2, 0.25) is 0 Å². The number of carbonyl (C=O) groups is 4. The molecule has 2 aliphatic heterocycles. The number of carbonyl (C=O) groups excluding carboxylic acids is 3. The van der Waals surface area contributed by atoms with Gasteiger partial charge in [-0.25, -0.2) is 24.4 Å². The summed E-state index contributed by atoms with van der Waals surface area (Å²) in [7, 11) is 0. The van der Waals surface area contributed by atoms with Gasteiger partial charge in [0.05, 0.1) is 21.1 Å². The van der Waals surface area contributed by atoms with E-state index in [1.165, 1.54) is 32.5 Å². The number of hydrogen-bond acceptors (Lipinski definition) is 10. The van der Waals surface area contributed by atoms with Crippen molar-refractivity contribution in [3.63, 3.8) is 0 Å². The van der Waals surface area contributed by atoms with E-state index in [0.29, 0.717) is 42.6 Å². The highest BCUT2D eigenvalue weighted by atomic mass is 32.1. The highest BCUT2D eigenvalue weighted by Crippen LogP contribution is 2.36. The minimum Gasteiger partial charge on any atom is -0.480 e. The number of likely N-dealkylation sites (tertiary alicyclic amines) is 2. The summed E-state index contributed by atoms with van der Waals surface area (Å²) in [4.78, 5) is 70.5. The topological polar surface area (TPSA) is 197 Å². The van der Waals surface area contributed by atoms with E-state index in [2.05, 4.69) is 78.2 Å². The molecule has 6 heterocycles. The summed E-state index contributed by atoms with van der Waals surface area (Å²) in [5, 5.41) is 15.8. The number of nitrogens with one attached hydrogen (secondary N) is 2. The van der Waals surface area contributed by atoms with Gasteiger partial charge in [-0.05, 0) is 74.9 Å². The zero-order valence-electron chi connectivity index (χ0n) is 32.0. The molecule has 14 nitrogen and oxygen atoms in total. The van der Waals surface area contributed by atoms with E-state index in [4.69, 9.17) is 5.73 Å². The normalized spacial score (nSPS) is 16.9. The number of amides is 5. The first-order chi connectivity index (χ1) is 25.3. The molecule has 2 aliphatic rings. The standard InChI is InChI=1S/C19H25N5O2S.C19H24N4O3S.CH4/c1-11-15(12-7-8-21-14(10-12)19(2,3)4)27-17(22-11)23-18(26)24-9-5-6-13(24)16(20)25;1-11-15(12-7-8-20-14(10-12)19(2,3)4)27-17(21-11)22-18(26)23-9-5-6-13(23)16(24)25;/h7-8,10,13H,5-6,9H2,1-4H3,(H2,20,25)(H,22,23,26);7-8,10,13H,5-6,9H2,1-4H3,(H,24,25)(H,21,22,26);1H4/t2*13-;/m00./s1. The molecule has 0 aliphatic carbocycles. The number of nitrogens with zero attached hydrogens (tertiary/aromatic N) is 6. The van der Waals surface area contributed by atoms with Crippen molar-refractivity contribution in [2.75, 3.05) is 23.7 Å². The Kier molecular flexibility index (Phi) is 13.4. The molecule has 0 bridgehead atoms. The number of rotatable bonds is 6. The Morgan fingerprint density at radius 1 is 0.745 bits per heavy atom. The largest absolute Gasteiger partial charge is 0.480 e. The lowest BCUT2D eigenvalue weighted by Gasteiger charge is -2.21. The number of carboxylic acids is 1. The van der Waals surface area contributed by atoms with Gasteiger partial charge in [-0.2, -0.15) is 0 Å². The van der Waals surface area contributed by atoms with Gasteiger partial charge >= 0.3 is 18.0 Å². The van der Waals surface area contributed by atoms with E-state index < -0.39 is 30.0 Å². The van der Waals surface area contributed by atoms with Gasteiger partial charge in [0.15, 0.2) is 10.3 Å². The van der Waals surface area contributed by atoms with Crippen LogP contribution in [-0.2, 0) is 20.4 Å². The molecule has 55 heavy (non-hydrogen) atoms. The van der Waals surface area contributed by atoms with E-state index in [0.717, 1.165) is 50.1 Å². The number of aryl methyl sites for hydroxylation is 2. The second-order valence-corrected chi connectivity index (χ2v) is 17.5. The third kappa shape index (κ3) is 10.2. The van der Waals surface area contributed by atoms with Crippen molar-refractivity contribution in [3.8, 4) is 20.9 Å². The van der Waals surface area contributed by atoms with Crippen LogP contribution >= 0.6 is 22.7 Å². The fourth-order valence-electron chi connectivity index (χ4n) is 6.30. The zero-order valence-corrected chi connectivity index (χ0v) is 33.7. The molecule has 2 fully saturated rings. The maximum atomic E-state index is 12.5. The molecule has 0 unspecified atom stereocenters. The molecule has 5 N–H and O–H groups in total. The van der Waals surface area contributed by atoms with Gasteiger partial charge in [0, 0.05) is 47.7 Å². The van der Waals surface area contributed by atoms with Crippen LogP contribution in [0.5, 0.6) is 0 Å². The van der Waals surface area contributed by atoms with Gasteiger partial charge in [0.1, 0.15) is 12.1 Å². The molecule has 0 spiro atoms. The predicted octanol–water partition coefficient (Wildman–Crippen LogP) is 7.82. The highest BCUT2D eigenvalue weighted by molar-refractivity contribution is 7.19. The Hall–Kier alpha value is -4.96. The molecular formula is C39H53N9O5S2. The van der Waals surface area contributed by atoms with Crippen molar-refractivity contribution in [2.45, 2.75) is 111 Å². The maximum Gasteiger partial charge on any atom is 0.326 e. The van der Waals surface area contributed by atoms with Crippen LogP contribution in [-0.4, -0.2) is 84.0 Å². The first-order valence-corrected chi connectivity index (χ1v) is 19.5. The van der Waals surface area contributed by atoms with Crippen LogP contribution in [0.4, 0.5) is 19.9 Å². The first-order valence-electron chi connectivity index (χ1n) is 17.9. The molecule has 296 valence electrons. The summed E-state index contributed by atoms with van der Waals surface area (Å²) in [5.74, 6) is -1.43. The van der Waals surface area contributed by atoms with E-state index in [9.17, 15) is 24.3 Å². The average Bonchev–Trinajstić information content (AvgIpc) is 3.91. The zero-order chi connectivity index (χ0) is 39.5. The molecule has 2 atom stereocenters. The van der Waals surface area contributed by atoms with Crippen molar-refractivity contribution < 1.29 is 24.3 Å². The number of nitrogens with two attached hydrogens (primary N) is 1. The Labute approximate surface area is 331 Å². The van der Waals surface area contributed by atoms with Crippen LogP contribution in [0.25, 0.3) is 20.9 Å². The molecule has 2 saturated heterocycles. The third-order valence-corrected chi connectivity index (χ3v) is 11.5. The van der Waals surface area contributed by atoms with Crippen LogP contribution in [0.15, 0.2) is 36.7 Å². The summed E-state index contributed by atoms with van der Waals surface area (Å²) >= 11 is 2.80. The van der Waals surface area contributed by atoms with Crippen molar-refractivity contribution in [2.24, 2.45) is 5.73 Å². The third-order valence-electron chi connectivity index (χ3n) is 9.24. The number of carboxylic acid groups (broad SMARTS) is 1. The lowest BCUT2D eigenvalue weighted by Crippen LogP contribution is -2.45. The second kappa shape index (κ2) is 17.2. The summed E-state index contributed by atoms with van der Waals surface area (Å²) in [6.45, 7) is 17.5. The molecular weight excluding hydrogens is 739 g/mol. The SMILES string of the molecule is C.Cc1nc(NC(=O)N2CCC[C@H]2C(=O)O)sc1-c1ccnc(C(C)(C)C)c1.Cc1nc(NC(=O)N2CCC[C@H]2C(N)=O)sc1-c1ccnc(C(C)(C)C)c1. The molecule has 0 aromatic carbocycles. The number of aliphatic carboxylic acids is 1. The van der Waals surface area contributed by atoms with Gasteiger partial charge in [-0.3, -0.25) is 25.4 Å². The molecule has 0 saturated carbocycles. The molecule has 6 rings (SSSR count). The Morgan fingerprint density at radius 2 is 1.15 bits per heavy atom. The minimum absolute atomic E-state index is 0. The van der Waals surface area contributed by atoms with Gasteiger partial charge in [-0.1, -0.05) is 71.6 Å². The lowest BCUT2D eigenvalue weighted by molar-refractivity contribution is -0.141. The quantitative estimate of drug-likeness (QED) is 0.150. The number of primary amides is 1. The number of thiazole rings is 2. The highest BCUT2D eigenvalue weighted by Gasteiger charge is 2.35. The maximum absolute atomic E-state index is 12.5. The Morgan fingerprint density at radius 3 is 1.53 bits per heavy atom. The predicted molar refractivity (Wildman–Crippen MR) is 219 cm³/mol. The number of urea groups is 2. The molecule has 0 radical (unpaired) electrons. The Balaban J connectivity index is 0.000000240. The summed E-state index contributed by atoms with van der Waals surface area (Å²) in [5.41, 5.74) is 11.0. The fraction of sp³-hybridized carbons (Fsp3) is 0.487. The summed E-state index contributed by atoms with van der Waals surface area (Å²) in [6.07, 6.45) is 6.15. The van der Waals surface area contributed by atoms with Crippen LogP contribution in [0.1, 0.15) is 97.4 Å². The Bertz CT molecular complexity index is 1890. The van der Waals surface area contributed by atoms with Gasteiger partial charge in [-0.15, -0.1) is 0 Å².